The van der Waals surface area contributed by atoms with Crippen LogP contribution in [0.1, 0.15) is 16.9 Å². The van der Waals surface area contributed by atoms with E-state index < -0.39 is 5.91 Å². The van der Waals surface area contributed by atoms with Crippen LogP contribution in [0, 0.1) is 0 Å². The highest BCUT2D eigenvalue weighted by Gasteiger charge is 2.24. The summed E-state index contributed by atoms with van der Waals surface area (Å²) in [5.41, 5.74) is 14.3. The molecule has 1 saturated heterocycles. The largest absolute Gasteiger partial charge is 0.380 e. The van der Waals surface area contributed by atoms with E-state index >= 15 is 0 Å². The van der Waals surface area contributed by atoms with Crippen molar-refractivity contribution in [2.24, 2.45) is 11.5 Å². The molecular weight excluding hydrogens is 334 g/mol. The molecule has 3 aromatic rings. The molecule has 1 unspecified atom stereocenters. The van der Waals surface area contributed by atoms with Gasteiger partial charge in [0.15, 0.2) is 5.69 Å². The molecular formula is C17H19N7O2. The molecule has 134 valence electrons. The highest BCUT2D eigenvalue weighted by atomic mass is 16.5. The number of fused-ring (bicyclic) bond motifs is 1. The maximum absolute atomic E-state index is 11.8. The first-order valence-corrected chi connectivity index (χ1v) is 8.32. The van der Waals surface area contributed by atoms with Crippen LogP contribution in [0.5, 0.6) is 0 Å². The molecule has 2 atom stereocenters. The number of nitrogens with zero attached hydrogens (tertiary/aromatic N) is 3. The summed E-state index contributed by atoms with van der Waals surface area (Å²) in [4.78, 5) is 28.0. The van der Waals surface area contributed by atoms with Gasteiger partial charge < -0.3 is 26.5 Å². The number of aromatic amines is 1. The van der Waals surface area contributed by atoms with Gasteiger partial charge in [0.25, 0.3) is 5.91 Å². The molecule has 0 saturated carbocycles. The molecule has 1 aliphatic rings. The number of amides is 1. The fraction of sp³-hybridized carbons (Fsp3) is 0.294. The van der Waals surface area contributed by atoms with Gasteiger partial charge in [-0.2, -0.15) is 0 Å². The average Bonchev–Trinajstić information content (AvgIpc) is 3.07. The smallest absolute Gasteiger partial charge is 0.269 e. The number of rotatable bonds is 4. The molecule has 4 rings (SSSR count). The van der Waals surface area contributed by atoms with E-state index in [1.807, 2.05) is 18.2 Å². The second-order valence-corrected chi connectivity index (χ2v) is 6.21. The maximum atomic E-state index is 11.8. The van der Waals surface area contributed by atoms with Crippen molar-refractivity contribution in [1.29, 1.82) is 0 Å². The van der Waals surface area contributed by atoms with Gasteiger partial charge in [0.1, 0.15) is 11.5 Å². The summed E-state index contributed by atoms with van der Waals surface area (Å²) >= 11 is 0. The van der Waals surface area contributed by atoms with E-state index in [4.69, 9.17) is 16.2 Å². The van der Waals surface area contributed by atoms with Crippen LogP contribution >= 0.6 is 0 Å². The number of nitrogens with one attached hydrogen (secondary N) is 2. The van der Waals surface area contributed by atoms with E-state index in [1.165, 1.54) is 6.20 Å². The zero-order valence-electron chi connectivity index (χ0n) is 14.0. The minimum absolute atomic E-state index is 0.0229. The summed E-state index contributed by atoms with van der Waals surface area (Å²) in [6, 6.07) is 5.42. The minimum atomic E-state index is -0.645. The summed E-state index contributed by atoms with van der Waals surface area (Å²) in [6.07, 6.45) is 3.96. The number of anilines is 1. The monoisotopic (exact) mass is 353 g/mol. The van der Waals surface area contributed by atoms with Gasteiger partial charge in [-0.3, -0.25) is 9.78 Å². The molecule has 9 nitrogen and oxygen atoms in total. The molecule has 3 aromatic heterocycles. The maximum Gasteiger partial charge on any atom is 0.269 e. The normalized spacial score (nSPS) is 20.2. The third-order valence-corrected chi connectivity index (χ3v) is 4.38. The number of hydrogen-bond donors (Lipinski definition) is 4. The molecule has 26 heavy (non-hydrogen) atoms. The first-order valence-electron chi connectivity index (χ1n) is 8.32. The van der Waals surface area contributed by atoms with Gasteiger partial charge >= 0.3 is 0 Å². The lowest BCUT2D eigenvalue weighted by Crippen LogP contribution is -2.47. The number of primary amides is 1. The van der Waals surface area contributed by atoms with Crippen LogP contribution in [0.3, 0.4) is 0 Å². The number of ether oxygens (including phenoxy) is 1. The molecule has 1 amide bonds. The molecule has 0 aromatic carbocycles. The number of nitrogens with two attached hydrogens (primary N) is 2. The van der Waals surface area contributed by atoms with E-state index in [-0.39, 0.29) is 17.8 Å². The van der Waals surface area contributed by atoms with Crippen LogP contribution in [-0.2, 0) is 4.74 Å². The average molecular weight is 353 g/mol. The van der Waals surface area contributed by atoms with E-state index in [1.54, 1.807) is 6.20 Å². The third kappa shape index (κ3) is 3.09. The molecule has 0 bridgehead atoms. The summed E-state index contributed by atoms with van der Waals surface area (Å²) in [5.74, 6) is -0.118. The van der Waals surface area contributed by atoms with Gasteiger partial charge in [-0.15, -0.1) is 0 Å². The lowest BCUT2D eigenvalue weighted by molar-refractivity contribution is 0.0752. The molecule has 1 fully saturated rings. The molecule has 1 aliphatic heterocycles. The van der Waals surface area contributed by atoms with Gasteiger partial charge in [0.2, 0.25) is 0 Å². The Morgan fingerprint density at radius 1 is 1.38 bits per heavy atom. The van der Waals surface area contributed by atoms with Gasteiger partial charge in [0, 0.05) is 24.9 Å². The van der Waals surface area contributed by atoms with Crippen molar-refractivity contribution < 1.29 is 9.53 Å². The van der Waals surface area contributed by atoms with Crippen molar-refractivity contribution >= 4 is 22.8 Å². The van der Waals surface area contributed by atoms with Crippen molar-refractivity contribution in [3.8, 4) is 11.4 Å². The quantitative estimate of drug-likeness (QED) is 0.539. The van der Waals surface area contributed by atoms with Crippen LogP contribution in [0.15, 0.2) is 30.6 Å². The Balaban J connectivity index is 1.72. The lowest BCUT2D eigenvalue weighted by atomic mass is 10.0. The predicted molar refractivity (Wildman–Crippen MR) is 96.5 cm³/mol. The second-order valence-electron chi connectivity index (χ2n) is 6.21. The number of H-pyrrole nitrogens is 1. The topological polar surface area (TPSA) is 145 Å². The Kier molecular flexibility index (Phi) is 4.23. The van der Waals surface area contributed by atoms with Crippen LogP contribution < -0.4 is 16.8 Å². The van der Waals surface area contributed by atoms with E-state index in [2.05, 4.69) is 25.3 Å². The number of pyridine rings is 1. The number of hydrogen-bond acceptors (Lipinski definition) is 7. The highest BCUT2D eigenvalue weighted by molar-refractivity contribution is 5.97. The summed E-state index contributed by atoms with van der Waals surface area (Å²) in [5, 5.41) is 3.28. The van der Waals surface area contributed by atoms with Crippen LogP contribution in [0.4, 0.5) is 5.82 Å². The first kappa shape index (κ1) is 16.4. The Morgan fingerprint density at radius 2 is 2.27 bits per heavy atom. The van der Waals surface area contributed by atoms with Crippen molar-refractivity contribution in [1.82, 2.24) is 19.9 Å². The zero-order valence-corrected chi connectivity index (χ0v) is 14.0. The highest BCUT2D eigenvalue weighted by Crippen LogP contribution is 2.25. The summed E-state index contributed by atoms with van der Waals surface area (Å²) in [7, 11) is 0. The molecule has 9 heteroatoms. The van der Waals surface area contributed by atoms with Crippen LogP contribution in [0.2, 0.25) is 0 Å². The Hall–Kier alpha value is -3.04. The Labute approximate surface area is 149 Å². The molecule has 4 heterocycles. The molecule has 0 radical (unpaired) electrons. The number of carbonyl (C=O) groups is 1. The minimum Gasteiger partial charge on any atom is -0.380 e. The van der Waals surface area contributed by atoms with Crippen molar-refractivity contribution in [3.05, 3.63) is 36.3 Å². The Morgan fingerprint density at radius 3 is 3.04 bits per heavy atom. The number of carbonyl (C=O) groups excluding carboxylic acids is 1. The molecule has 0 spiro atoms. The fourth-order valence-corrected chi connectivity index (χ4v) is 3.04. The van der Waals surface area contributed by atoms with Gasteiger partial charge in [-0.1, -0.05) is 0 Å². The first-order chi connectivity index (χ1) is 12.6. The molecule has 6 N–H and O–H groups in total. The van der Waals surface area contributed by atoms with Gasteiger partial charge in [-0.05, 0) is 24.6 Å². The van der Waals surface area contributed by atoms with E-state index in [0.29, 0.717) is 30.4 Å². The fourth-order valence-electron chi connectivity index (χ4n) is 3.04. The Bertz CT molecular complexity index is 922. The zero-order chi connectivity index (χ0) is 18.1. The van der Waals surface area contributed by atoms with E-state index in [9.17, 15) is 4.79 Å². The van der Waals surface area contributed by atoms with Crippen molar-refractivity contribution in [2.75, 3.05) is 18.5 Å². The predicted octanol–water partition coefficient (Wildman–Crippen LogP) is 0.647. The number of aromatic nitrogens is 4. The van der Waals surface area contributed by atoms with Gasteiger partial charge in [0.05, 0.1) is 29.5 Å². The third-order valence-electron chi connectivity index (χ3n) is 4.38. The van der Waals surface area contributed by atoms with Gasteiger partial charge in [-0.25, -0.2) is 9.97 Å². The van der Waals surface area contributed by atoms with Crippen molar-refractivity contribution in [2.45, 2.75) is 18.5 Å². The summed E-state index contributed by atoms with van der Waals surface area (Å²) in [6.45, 7) is 1.13. The SMILES string of the molecule is NC(=O)c1ncc(N[C@@H]2CCOCC2N)nc1-c1cc2ncccc2[nH]1. The standard InChI is InChI=1S/C17H19N7O2/c18-9-8-26-5-3-10(9)23-14-7-21-16(17(19)25)15(24-14)13-6-12-11(22-13)2-1-4-20-12/h1-2,4,6-7,9-10,22H,3,5,8,18H2,(H2,19,25)(H,23,24)/t9?,10-/m1/s1. The lowest BCUT2D eigenvalue weighted by Gasteiger charge is -2.29. The van der Waals surface area contributed by atoms with Crippen molar-refractivity contribution in [3.63, 3.8) is 0 Å². The second kappa shape index (κ2) is 6.70. The van der Waals surface area contributed by atoms with Crippen LogP contribution in [0.25, 0.3) is 22.4 Å². The summed E-state index contributed by atoms with van der Waals surface area (Å²) < 4.78 is 5.35. The van der Waals surface area contributed by atoms with Crippen LogP contribution in [-0.4, -0.2) is 51.1 Å². The molecule has 0 aliphatic carbocycles. The van der Waals surface area contributed by atoms with E-state index in [0.717, 1.165) is 17.5 Å².